The first-order valence-corrected chi connectivity index (χ1v) is 9.55. The molecule has 0 saturated heterocycles. The molecule has 0 bridgehead atoms. The Balaban J connectivity index is 1.73. The molecule has 0 N–H and O–H groups in total. The molecule has 0 aliphatic carbocycles. The first-order valence-electron chi connectivity index (χ1n) is 8.21. The predicted molar refractivity (Wildman–Crippen MR) is 105 cm³/mol. The molecule has 0 atom stereocenters. The van der Waals surface area contributed by atoms with Crippen LogP contribution in [0.25, 0.3) is 21.9 Å². The summed E-state index contributed by atoms with van der Waals surface area (Å²) in [5.41, 5.74) is 3.75. The second kappa shape index (κ2) is 5.91. The Hall–Kier alpha value is -2.83. The number of hydrogen-bond donors (Lipinski definition) is 0. The average molecular weight is 342 g/mol. The van der Waals surface area contributed by atoms with Gasteiger partial charge in [0.05, 0.1) is 7.92 Å². The van der Waals surface area contributed by atoms with Crippen LogP contribution in [0.2, 0.25) is 0 Å². The largest absolute Gasteiger partial charge is 0.456 e. The van der Waals surface area contributed by atoms with Crippen molar-refractivity contribution in [1.29, 1.82) is 0 Å². The Morgan fingerprint density at radius 2 is 1.00 bits per heavy atom. The van der Waals surface area contributed by atoms with Gasteiger partial charge in [0, 0.05) is 10.8 Å². The van der Waals surface area contributed by atoms with E-state index in [1.807, 2.05) is 42.5 Å². The first-order chi connectivity index (χ1) is 12.4. The number of para-hydroxylation sites is 2. The molecule has 0 saturated carbocycles. The van der Waals surface area contributed by atoms with Crippen LogP contribution in [0.4, 0.5) is 0 Å². The fraction of sp³-hybridized carbons (Fsp3) is 0. The molecule has 2 heterocycles. The highest BCUT2D eigenvalue weighted by Gasteiger charge is 2.24. The standard InChI is InChI=1S/C22H15O2P/c1-2-10-18(11-3-1)25(21-14-16-8-4-6-12-19(16)23-21)22-15-17-9-5-7-13-20(17)24-22/h1-15H. The van der Waals surface area contributed by atoms with Gasteiger partial charge in [0.25, 0.3) is 0 Å². The van der Waals surface area contributed by atoms with Crippen LogP contribution in [-0.4, -0.2) is 0 Å². The minimum Gasteiger partial charge on any atom is -0.456 e. The van der Waals surface area contributed by atoms with E-state index in [1.54, 1.807) is 0 Å². The Kier molecular flexibility index (Phi) is 3.43. The second-order valence-corrected chi connectivity index (χ2v) is 7.98. The molecule has 0 amide bonds. The van der Waals surface area contributed by atoms with Gasteiger partial charge in [-0.2, -0.15) is 0 Å². The van der Waals surface area contributed by atoms with Gasteiger partial charge < -0.3 is 8.83 Å². The van der Waals surface area contributed by atoms with Crippen molar-refractivity contribution in [3.63, 3.8) is 0 Å². The van der Waals surface area contributed by atoms with E-state index in [-0.39, 0.29) is 0 Å². The molecular formula is C22H15O2P. The summed E-state index contributed by atoms with van der Waals surface area (Å²) in [4.78, 5) is 0. The summed E-state index contributed by atoms with van der Waals surface area (Å²) in [6.45, 7) is 0. The van der Waals surface area contributed by atoms with Gasteiger partial charge in [-0.25, -0.2) is 0 Å². The van der Waals surface area contributed by atoms with Crippen molar-refractivity contribution < 1.29 is 8.83 Å². The lowest BCUT2D eigenvalue weighted by Crippen LogP contribution is -2.18. The number of rotatable bonds is 3. The maximum atomic E-state index is 6.20. The third kappa shape index (κ3) is 2.56. The topological polar surface area (TPSA) is 26.3 Å². The van der Waals surface area contributed by atoms with Gasteiger partial charge in [-0.1, -0.05) is 66.7 Å². The van der Waals surface area contributed by atoms with Crippen LogP contribution in [0.5, 0.6) is 0 Å². The van der Waals surface area contributed by atoms with Crippen molar-refractivity contribution in [2.45, 2.75) is 0 Å². The lowest BCUT2D eigenvalue weighted by atomic mass is 10.3. The predicted octanol–water partition coefficient (Wildman–Crippen LogP) is 4.94. The van der Waals surface area contributed by atoms with Gasteiger partial charge in [0.2, 0.25) is 0 Å². The lowest BCUT2D eigenvalue weighted by molar-refractivity contribution is 0.644. The quantitative estimate of drug-likeness (QED) is 0.434. The van der Waals surface area contributed by atoms with Gasteiger partial charge in [0.1, 0.15) is 22.2 Å². The third-order valence-corrected chi connectivity index (χ3v) is 6.42. The third-order valence-electron chi connectivity index (χ3n) is 4.28. The molecule has 5 rings (SSSR count). The first kappa shape index (κ1) is 14.5. The zero-order valence-corrected chi connectivity index (χ0v) is 14.3. The van der Waals surface area contributed by atoms with Crippen LogP contribution in [0.15, 0.2) is 99.8 Å². The summed E-state index contributed by atoms with van der Waals surface area (Å²) in [6, 6.07) is 31.0. The number of fused-ring (bicyclic) bond motifs is 2. The minimum atomic E-state index is -0.873. The zero-order valence-electron chi connectivity index (χ0n) is 13.4. The van der Waals surface area contributed by atoms with Crippen molar-refractivity contribution in [3.8, 4) is 0 Å². The summed E-state index contributed by atoms with van der Waals surface area (Å²) in [5.74, 6) is 0. The summed E-state index contributed by atoms with van der Waals surface area (Å²) in [5, 5.41) is 3.46. The van der Waals surface area contributed by atoms with Gasteiger partial charge in [-0.15, -0.1) is 0 Å². The van der Waals surface area contributed by atoms with Crippen molar-refractivity contribution in [3.05, 3.63) is 91.0 Å². The molecule has 5 aromatic rings. The van der Waals surface area contributed by atoms with Crippen molar-refractivity contribution >= 4 is 46.2 Å². The molecule has 3 aromatic carbocycles. The van der Waals surface area contributed by atoms with Crippen molar-refractivity contribution in [2.24, 2.45) is 0 Å². The van der Waals surface area contributed by atoms with Crippen molar-refractivity contribution in [1.82, 2.24) is 0 Å². The van der Waals surface area contributed by atoms with Crippen LogP contribution >= 0.6 is 7.92 Å². The molecule has 0 aliphatic rings. The summed E-state index contributed by atoms with van der Waals surface area (Å²) in [7, 11) is -0.873. The monoisotopic (exact) mass is 342 g/mol. The minimum absolute atomic E-state index is 0.873. The molecular weight excluding hydrogens is 327 g/mol. The number of benzene rings is 3. The van der Waals surface area contributed by atoms with Crippen LogP contribution in [0.3, 0.4) is 0 Å². The average Bonchev–Trinajstić information content (AvgIpc) is 3.26. The van der Waals surface area contributed by atoms with Gasteiger partial charge in [-0.3, -0.25) is 0 Å². The van der Waals surface area contributed by atoms with E-state index in [0.717, 1.165) is 32.9 Å². The maximum Gasteiger partial charge on any atom is 0.139 e. The van der Waals surface area contributed by atoms with E-state index in [1.165, 1.54) is 5.30 Å². The fourth-order valence-electron chi connectivity index (χ4n) is 3.10. The molecule has 0 aliphatic heterocycles. The van der Waals surface area contributed by atoms with Crippen molar-refractivity contribution in [2.75, 3.05) is 0 Å². The van der Waals surface area contributed by atoms with E-state index in [2.05, 4.69) is 48.5 Å². The summed E-state index contributed by atoms with van der Waals surface area (Å²) < 4.78 is 12.4. The Morgan fingerprint density at radius 3 is 1.52 bits per heavy atom. The highest BCUT2D eigenvalue weighted by Crippen LogP contribution is 2.36. The molecule has 120 valence electrons. The SMILES string of the molecule is c1ccc(P(c2cc3ccccc3o2)c2cc3ccccc3o2)cc1. The zero-order chi connectivity index (χ0) is 16.6. The van der Waals surface area contributed by atoms with Crippen LogP contribution in [0.1, 0.15) is 0 Å². The normalized spacial score (nSPS) is 11.6. The summed E-state index contributed by atoms with van der Waals surface area (Å²) >= 11 is 0. The molecule has 2 aromatic heterocycles. The Morgan fingerprint density at radius 1 is 0.520 bits per heavy atom. The second-order valence-electron chi connectivity index (χ2n) is 5.92. The molecule has 0 unspecified atom stereocenters. The molecule has 0 spiro atoms. The van der Waals surface area contributed by atoms with Gasteiger partial charge >= 0.3 is 0 Å². The smallest absolute Gasteiger partial charge is 0.139 e. The van der Waals surface area contributed by atoms with Crippen LogP contribution < -0.4 is 16.3 Å². The van der Waals surface area contributed by atoms with Crippen LogP contribution in [0, 0.1) is 0 Å². The molecule has 0 radical (unpaired) electrons. The maximum absolute atomic E-state index is 6.20. The number of furan rings is 2. The molecule has 2 nitrogen and oxygen atoms in total. The molecule has 25 heavy (non-hydrogen) atoms. The van der Waals surface area contributed by atoms with Gasteiger partial charge in [-0.05, 0) is 29.6 Å². The van der Waals surface area contributed by atoms with E-state index < -0.39 is 7.92 Å². The molecule has 3 heteroatoms. The Labute approximate surface area is 146 Å². The van der Waals surface area contributed by atoms with E-state index in [4.69, 9.17) is 8.83 Å². The Bertz CT molecular complexity index is 1010. The van der Waals surface area contributed by atoms with E-state index >= 15 is 0 Å². The highest BCUT2D eigenvalue weighted by atomic mass is 31.1. The molecule has 0 fully saturated rings. The lowest BCUT2D eigenvalue weighted by Gasteiger charge is -2.12. The van der Waals surface area contributed by atoms with E-state index in [9.17, 15) is 0 Å². The van der Waals surface area contributed by atoms with Crippen LogP contribution in [-0.2, 0) is 0 Å². The highest BCUT2D eigenvalue weighted by molar-refractivity contribution is 7.79. The fourth-order valence-corrected chi connectivity index (χ4v) is 5.21. The van der Waals surface area contributed by atoms with E-state index in [0.29, 0.717) is 0 Å². The van der Waals surface area contributed by atoms with Gasteiger partial charge in [0.15, 0.2) is 0 Å². The summed E-state index contributed by atoms with van der Waals surface area (Å²) in [6.07, 6.45) is 0. The number of hydrogen-bond acceptors (Lipinski definition) is 2.